The maximum Gasteiger partial charge on any atom is 0.414 e. The van der Waals surface area contributed by atoms with Crippen molar-refractivity contribution in [3.63, 3.8) is 0 Å². The number of carbonyl (C=O) groups is 2. The van der Waals surface area contributed by atoms with Crippen LogP contribution in [0.5, 0.6) is 0 Å². The van der Waals surface area contributed by atoms with Gasteiger partial charge in [-0.25, -0.2) is 4.79 Å². The zero-order chi connectivity index (χ0) is 14.8. The largest absolute Gasteiger partial charge is 0.447 e. The molecule has 0 bridgehead atoms. The molecule has 0 saturated carbocycles. The lowest BCUT2D eigenvalue weighted by Crippen LogP contribution is -2.31. The normalized spacial score (nSPS) is 25.3. The molecule has 21 heavy (non-hydrogen) atoms. The number of aldehydes is 1. The van der Waals surface area contributed by atoms with Crippen molar-refractivity contribution in [3.8, 4) is 0 Å². The van der Waals surface area contributed by atoms with E-state index in [0.717, 1.165) is 17.7 Å². The van der Waals surface area contributed by atoms with E-state index in [4.69, 9.17) is 15.2 Å². The van der Waals surface area contributed by atoms with Gasteiger partial charge >= 0.3 is 6.09 Å². The number of nitrogens with two attached hydrogens (primary N) is 1. The van der Waals surface area contributed by atoms with Gasteiger partial charge in [0.15, 0.2) is 12.5 Å². The zero-order valence-corrected chi connectivity index (χ0v) is 11.5. The Bertz CT molecular complexity index is 534. The summed E-state index contributed by atoms with van der Waals surface area (Å²) in [6.07, 6.45) is -0.322. The van der Waals surface area contributed by atoms with E-state index in [1.807, 2.05) is 29.2 Å². The van der Waals surface area contributed by atoms with Crippen LogP contribution in [0.4, 0.5) is 16.2 Å². The molecule has 3 rings (SSSR count). The summed E-state index contributed by atoms with van der Waals surface area (Å²) in [5.41, 5.74) is 7.23. The molecule has 2 fully saturated rings. The molecule has 0 aliphatic carbocycles. The number of benzene rings is 1. The third-order valence-electron chi connectivity index (χ3n) is 3.67. The molecule has 0 aromatic heterocycles. The summed E-state index contributed by atoms with van der Waals surface area (Å²) < 4.78 is 10.4. The molecule has 2 aliphatic rings. The summed E-state index contributed by atoms with van der Waals surface area (Å²) >= 11 is 0. The van der Waals surface area contributed by atoms with Gasteiger partial charge in [0.05, 0.1) is 12.6 Å². The summed E-state index contributed by atoms with van der Waals surface area (Å²) in [6, 6.07) is 7.39. The van der Waals surface area contributed by atoms with Gasteiger partial charge in [0.1, 0.15) is 6.61 Å². The Kier molecular flexibility index (Phi) is 3.76. The fraction of sp³-hybridized carbons (Fsp3) is 0.429. The molecule has 2 saturated heterocycles. The van der Waals surface area contributed by atoms with E-state index in [1.54, 1.807) is 4.90 Å². The van der Waals surface area contributed by atoms with Crippen LogP contribution in [0.2, 0.25) is 0 Å². The lowest BCUT2D eigenvalue weighted by molar-refractivity contribution is -0.117. The van der Waals surface area contributed by atoms with E-state index in [2.05, 4.69) is 0 Å². The van der Waals surface area contributed by atoms with Gasteiger partial charge in [-0.2, -0.15) is 0 Å². The predicted octanol–water partition coefficient (Wildman–Crippen LogP) is 0.332. The molecule has 112 valence electrons. The number of hydrogen-bond acceptors (Lipinski definition) is 6. The minimum Gasteiger partial charge on any atom is -0.447 e. The van der Waals surface area contributed by atoms with Crippen LogP contribution in [0.15, 0.2) is 24.3 Å². The van der Waals surface area contributed by atoms with Crippen molar-refractivity contribution in [3.05, 3.63) is 24.3 Å². The summed E-state index contributed by atoms with van der Waals surface area (Å²) in [5, 5.41) is 0. The monoisotopic (exact) mass is 291 g/mol. The van der Waals surface area contributed by atoms with Crippen molar-refractivity contribution in [2.24, 2.45) is 5.73 Å². The third-order valence-corrected chi connectivity index (χ3v) is 3.67. The lowest BCUT2D eigenvalue weighted by Gasteiger charge is -2.21. The second kappa shape index (κ2) is 5.71. The van der Waals surface area contributed by atoms with Crippen molar-refractivity contribution in [1.82, 2.24) is 0 Å². The molecular formula is C14H17N3O4. The van der Waals surface area contributed by atoms with Crippen LogP contribution >= 0.6 is 0 Å². The Labute approximate surface area is 122 Å². The highest BCUT2D eigenvalue weighted by molar-refractivity contribution is 5.89. The number of amides is 1. The van der Waals surface area contributed by atoms with Gasteiger partial charge in [-0.05, 0) is 24.3 Å². The summed E-state index contributed by atoms with van der Waals surface area (Å²) in [7, 11) is 0. The van der Waals surface area contributed by atoms with E-state index in [-0.39, 0.29) is 12.2 Å². The van der Waals surface area contributed by atoms with Crippen LogP contribution in [0, 0.1) is 0 Å². The Morgan fingerprint density at radius 1 is 1.29 bits per heavy atom. The van der Waals surface area contributed by atoms with Crippen LogP contribution in [-0.2, 0) is 14.3 Å². The highest BCUT2D eigenvalue weighted by atomic mass is 16.6. The highest BCUT2D eigenvalue weighted by Gasteiger charge is 2.32. The first kappa shape index (κ1) is 13.8. The smallest absolute Gasteiger partial charge is 0.414 e. The predicted molar refractivity (Wildman–Crippen MR) is 76.3 cm³/mol. The van der Waals surface area contributed by atoms with Gasteiger partial charge in [0.2, 0.25) is 0 Å². The molecule has 2 aliphatic heterocycles. The summed E-state index contributed by atoms with van der Waals surface area (Å²) in [5.74, 6) is 0. The molecule has 0 radical (unpaired) electrons. The Balaban J connectivity index is 1.77. The number of cyclic esters (lactones) is 1. The van der Waals surface area contributed by atoms with Crippen molar-refractivity contribution >= 4 is 23.8 Å². The van der Waals surface area contributed by atoms with Gasteiger partial charge in [0, 0.05) is 24.5 Å². The highest BCUT2D eigenvalue weighted by Crippen LogP contribution is 2.27. The van der Waals surface area contributed by atoms with Crippen LogP contribution < -0.4 is 15.5 Å². The van der Waals surface area contributed by atoms with Gasteiger partial charge in [-0.15, -0.1) is 0 Å². The van der Waals surface area contributed by atoms with E-state index < -0.39 is 6.23 Å². The number of carbonyl (C=O) groups excluding carboxylic acids is 2. The molecular weight excluding hydrogens is 274 g/mol. The topological polar surface area (TPSA) is 85.1 Å². The minimum atomic E-state index is -0.610. The minimum absolute atomic E-state index is 0.145. The number of ether oxygens (including phenoxy) is 2. The first-order valence-corrected chi connectivity index (χ1v) is 6.84. The van der Waals surface area contributed by atoms with Crippen molar-refractivity contribution in [1.29, 1.82) is 0 Å². The molecule has 1 aromatic rings. The first-order valence-electron chi connectivity index (χ1n) is 6.84. The molecule has 2 unspecified atom stereocenters. The van der Waals surface area contributed by atoms with Gasteiger partial charge in [-0.1, -0.05) is 0 Å². The first-order chi connectivity index (χ1) is 10.2. The lowest BCUT2D eigenvalue weighted by atomic mass is 10.2. The number of hydrogen-bond donors (Lipinski definition) is 1. The average molecular weight is 291 g/mol. The molecule has 7 heteroatoms. The van der Waals surface area contributed by atoms with Gasteiger partial charge < -0.3 is 20.1 Å². The van der Waals surface area contributed by atoms with E-state index in [9.17, 15) is 9.59 Å². The van der Waals surface area contributed by atoms with Crippen molar-refractivity contribution in [2.75, 3.05) is 36.0 Å². The zero-order valence-electron chi connectivity index (χ0n) is 11.5. The molecule has 1 amide bonds. The molecule has 0 spiro atoms. The molecule has 2 heterocycles. The van der Waals surface area contributed by atoms with E-state index >= 15 is 0 Å². The summed E-state index contributed by atoms with van der Waals surface area (Å²) in [6.45, 7) is 1.91. The fourth-order valence-electron chi connectivity index (χ4n) is 2.58. The van der Waals surface area contributed by atoms with Crippen LogP contribution in [0.3, 0.4) is 0 Å². The van der Waals surface area contributed by atoms with Gasteiger partial charge in [-0.3, -0.25) is 9.69 Å². The van der Waals surface area contributed by atoms with Gasteiger partial charge in [0.25, 0.3) is 0 Å². The molecule has 2 N–H and O–H groups in total. The molecule has 7 nitrogen and oxygen atoms in total. The maximum absolute atomic E-state index is 11.5. The van der Waals surface area contributed by atoms with Crippen molar-refractivity contribution < 1.29 is 19.1 Å². The third kappa shape index (κ3) is 2.57. The fourth-order valence-corrected chi connectivity index (χ4v) is 2.58. The van der Waals surface area contributed by atoms with Crippen LogP contribution in [0.25, 0.3) is 0 Å². The maximum atomic E-state index is 11.5. The Morgan fingerprint density at radius 3 is 2.57 bits per heavy atom. The molecule has 1 aromatic carbocycles. The number of nitrogens with zero attached hydrogens (tertiary/aromatic N) is 2. The van der Waals surface area contributed by atoms with Crippen LogP contribution in [0.1, 0.15) is 0 Å². The Morgan fingerprint density at radius 2 is 2.00 bits per heavy atom. The van der Waals surface area contributed by atoms with Crippen molar-refractivity contribution in [2.45, 2.75) is 12.3 Å². The van der Waals surface area contributed by atoms with E-state index in [0.29, 0.717) is 26.2 Å². The standard InChI is InChI=1S/C14H17N3O4/c15-7-12-8-17(13(9-18)21-12)11-3-1-10(2-4-11)16-5-6-20-14(16)19/h1-4,9,12-13H,5-8,15H2. The van der Waals surface area contributed by atoms with E-state index in [1.165, 1.54) is 0 Å². The van der Waals surface area contributed by atoms with Crippen LogP contribution in [-0.4, -0.2) is 51.0 Å². The quantitative estimate of drug-likeness (QED) is 0.805. The number of anilines is 2. The Hall–Kier alpha value is -2.12. The SMILES string of the molecule is NCC1CN(c2ccc(N3CCOC3=O)cc2)C(C=O)O1. The molecule has 2 atom stereocenters. The summed E-state index contributed by atoms with van der Waals surface area (Å²) in [4.78, 5) is 26.0. The average Bonchev–Trinajstić information content (AvgIpc) is 3.13. The number of rotatable bonds is 4. The second-order valence-corrected chi connectivity index (χ2v) is 4.96. The second-order valence-electron chi connectivity index (χ2n) is 4.96.